The molecule has 0 bridgehead atoms. The van der Waals surface area contributed by atoms with Crippen LogP contribution in [0.2, 0.25) is 0 Å². The summed E-state index contributed by atoms with van der Waals surface area (Å²) >= 11 is 1.43. The van der Waals surface area contributed by atoms with Crippen molar-refractivity contribution in [1.82, 2.24) is 4.37 Å². The molecule has 0 spiro atoms. The molecule has 5 rings (SSSR count). The van der Waals surface area contributed by atoms with E-state index < -0.39 is 0 Å². The molecule has 0 amide bonds. The Kier molecular flexibility index (Phi) is 3.30. The van der Waals surface area contributed by atoms with Crippen molar-refractivity contribution < 1.29 is 9.53 Å². The zero-order valence-corrected chi connectivity index (χ0v) is 14.8. The summed E-state index contributed by atoms with van der Waals surface area (Å²) in [4.78, 5) is 13.2. The van der Waals surface area contributed by atoms with Crippen LogP contribution in [0.3, 0.4) is 0 Å². The number of rotatable bonds is 3. The number of aromatic nitrogens is 1. The molecular formula is C21H14N2O2S. The third-order valence-electron chi connectivity index (χ3n) is 4.66. The van der Waals surface area contributed by atoms with Gasteiger partial charge in [-0.1, -0.05) is 24.3 Å². The van der Waals surface area contributed by atoms with Crippen LogP contribution in [0, 0.1) is 0 Å². The summed E-state index contributed by atoms with van der Waals surface area (Å²) < 4.78 is 10.8. The molecule has 1 aliphatic carbocycles. The number of ether oxygens (including phenoxy) is 1. The number of fused-ring (bicyclic) bond motifs is 2. The first kappa shape index (κ1) is 15.1. The fourth-order valence-electron chi connectivity index (χ4n) is 3.41. The van der Waals surface area contributed by atoms with Gasteiger partial charge in [0.2, 0.25) is 0 Å². The molecule has 0 saturated carbocycles. The number of carbonyl (C=O) groups excluding carboxylic acids is 1. The minimum atomic E-state index is 0.0370. The highest BCUT2D eigenvalue weighted by atomic mass is 32.1. The monoisotopic (exact) mass is 358 g/mol. The van der Waals surface area contributed by atoms with Gasteiger partial charge in [-0.05, 0) is 47.9 Å². The first-order chi connectivity index (χ1) is 12.8. The lowest BCUT2D eigenvalue weighted by molar-refractivity contribution is 0.104. The van der Waals surface area contributed by atoms with Crippen molar-refractivity contribution in [2.45, 2.75) is 0 Å². The molecule has 4 nitrogen and oxygen atoms in total. The summed E-state index contributed by atoms with van der Waals surface area (Å²) in [6, 6.07) is 19.3. The van der Waals surface area contributed by atoms with E-state index in [0.717, 1.165) is 38.5 Å². The van der Waals surface area contributed by atoms with Gasteiger partial charge in [-0.2, -0.15) is 4.37 Å². The van der Waals surface area contributed by atoms with Crippen molar-refractivity contribution in [1.29, 1.82) is 0 Å². The topological polar surface area (TPSA) is 51.2 Å². The van der Waals surface area contributed by atoms with Gasteiger partial charge in [-0.15, -0.1) is 0 Å². The molecule has 0 fully saturated rings. The van der Waals surface area contributed by atoms with Crippen molar-refractivity contribution in [3.8, 4) is 17.0 Å². The third kappa shape index (κ3) is 2.14. The van der Waals surface area contributed by atoms with Crippen LogP contribution in [0.4, 0.5) is 11.4 Å². The van der Waals surface area contributed by atoms with Gasteiger partial charge < -0.3 is 10.1 Å². The quantitative estimate of drug-likeness (QED) is 0.478. The van der Waals surface area contributed by atoms with Crippen molar-refractivity contribution in [2.75, 3.05) is 12.4 Å². The van der Waals surface area contributed by atoms with Crippen LogP contribution in [0.25, 0.3) is 21.3 Å². The molecule has 1 heterocycles. The smallest absolute Gasteiger partial charge is 0.196 e. The lowest BCUT2D eigenvalue weighted by Crippen LogP contribution is -2.11. The van der Waals surface area contributed by atoms with Gasteiger partial charge in [-0.3, -0.25) is 4.79 Å². The molecule has 3 aromatic carbocycles. The Bertz CT molecular complexity index is 1160. The molecule has 1 N–H and O–H groups in total. The van der Waals surface area contributed by atoms with Gasteiger partial charge in [0, 0.05) is 22.2 Å². The zero-order chi connectivity index (χ0) is 17.7. The SMILES string of the molecule is COc1ccc(Nc2ccc3snc4c3c2C(=O)c2ccccc2-4)cc1. The fourth-order valence-corrected chi connectivity index (χ4v) is 4.21. The third-order valence-corrected chi connectivity index (χ3v) is 5.47. The summed E-state index contributed by atoms with van der Waals surface area (Å²) in [7, 11) is 1.64. The molecule has 126 valence electrons. The van der Waals surface area contributed by atoms with Gasteiger partial charge in [0.15, 0.2) is 5.78 Å². The Morgan fingerprint density at radius 1 is 0.962 bits per heavy atom. The molecule has 0 unspecified atom stereocenters. The van der Waals surface area contributed by atoms with Gasteiger partial charge in [0.1, 0.15) is 5.75 Å². The molecule has 0 aliphatic heterocycles. The first-order valence-electron chi connectivity index (χ1n) is 8.24. The molecule has 4 aromatic rings. The van der Waals surface area contributed by atoms with E-state index in [1.165, 1.54) is 11.5 Å². The maximum absolute atomic E-state index is 13.2. The summed E-state index contributed by atoms with van der Waals surface area (Å²) in [5.74, 6) is 0.830. The predicted octanol–water partition coefficient (Wildman–Crippen LogP) is 5.26. The number of hydrogen-bond donors (Lipinski definition) is 1. The molecule has 0 radical (unpaired) electrons. The molecule has 0 atom stereocenters. The first-order valence-corrected chi connectivity index (χ1v) is 9.01. The minimum absolute atomic E-state index is 0.0370. The van der Waals surface area contributed by atoms with E-state index in [1.54, 1.807) is 7.11 Å². The number of nitrogens with one attached hydrogen (secondary N) is 1. The molecule has 1 aliphatic rings. The number of nitrogens with zero attached hydrogens (tertiary/aromatic N) is 1. The van der Waals surface area contributed by atoms with E-state index in [9.17, 15) is 4.79 Å². The highest BCUT2D eigenvalue weighted by Crippen LogP contribution is 2.43. The van der Waals surface area contributed by atoms with Crippen LogP contribution >= 0.6 is 11.5 Å². The number of methoxy groups -OCH3 is 1. The maximum atomic E-state index is 13.2. The van der Waals surface area contributed by atoms with Crippen molar-refractivity contribution in [2.24, 2.45) is 0 Å². The molecule has 26 heavy (non-hydrogen) atoms. The van der Waals surface area contributed by atoms with Crippen LogP contribution in [-0.4, -0.2) is 17.3 Å². The van der Waals surface area contributed by atoms with Crippen LogP contribution in [0.5, 0.6) is 5.75 Å². The Morgan fingerprint density at radius 3 is 2.50 bits per heavy atom. The molecule has 1 aromatic heterocycles. The van der Waals surface area contributed by atoms with Gasteiger partial charge in [0.05, 0.1) is 28.8 Å². The lowest BCUT2D eigenvalue weighted by atomic mass is 9.86. The number of benzene rings is 3. The Balaban J connectivity index is 1.69. The second-order valence-corrected chi connectivity index (χ2v) is 6.93. The van der Waals surface area contributed by atoms with Crippen molar-refractivity contribution in [3.63, 3.8) is 0 Å². The normalized spacial score (nSPS) is 12.1. The highest BCUT2D eigenvalue weighted by molar-refractivity contribution is 7.13. The minimum Gasteiger partial charge on any atom is -0.497 e. The van der Waals surface area contributed by atoms with Crippen molar-refractivity contribution in [3.05, 3.63) is 71.8 Å². The average molecular weight is 358 g/mol. The number of hydrogen-bond acceptors (Lipinski definition) is 5. The van der Waals surface area contributed by atoms with E-state index >= 15 is 0 Å². The van der Waals surface area contributed by atoms with Gasteiger partial charge in [0.25, 0.3) is 0 Å². The van der Waals surface area contributed by atoms with Crippen molar-refractivity contribution >= 4 is 38.8 Å². The Morgan fingerprint density at radius 2 is 1.73 bits per heavy atom. The molecule has 5 heteroatoms. The van der Waals surface area contributed by atoms with E-state index in [-0.39, 0.29) is 5.78 Å². The Labute approximate surface area is 154 Å². The summed E-state index contributed by atoms with van der Waals surface area (Å²) in [5.41, 5.74) is 4.91. The molecular weight excluding hydrogens is 344 g/mol. The van der Waals surface area contributed by atoms with Crippen LogP contribution < -0.4 is 10.1 Å². The average Bonchev–Trinajstić information content (AvgIpc) is 3.12. The number of anilines is 2. The summed E-state index contributed by atoms with van der Waals surface area (Å²) in [5, 5.41) is 4.32. The molecule has 0 saturated heterocycles. The summed E-state index contributed by atoms with van der Waals surface area (Å²) in [6.07, 6.45) is 0. The van der Waals surface area contributed by atoms with E-state index in [0.29, 0.717) is 11.1 Å². The maximum Gasteiger partial charge on any atom is 0.196 e. The van der Waals surface area contributed by atoms with Gasteiger partial charge >= 0.3 is 0 Å². The summed E-state index contributed by atoms with van der Waals surface area (Å²) in [6.45, 7) is 0. The highest BCUT2D eigenvalue weighted by Gasteiger charge is 2.29. The van der Waals surface area contributed by atoms with Crippen LogP contribution in [0.15, 0.2) is 60.7 Å². The lowest BCUT2D eigenvalue weighted by Gasteiger charge is -2.19. The standard InChI is InChI=1S/C21H14N2O2S/c1-25-13-8-6-12(7-9-13)22-16-10-11-17-19-18(16)21(24)15-5-3-2-4-14(15)20(19)23-26-17/h2-11,22H,1H3. The van der Waals surface area contributed by atoms with E-state index in [1.807, 2.05) is 60.7 Å². The number of ketones is 1. The van der Waals surface area contributed by atoms with E-state index in [4.69, 9.17) is 4.74 Å². The van der Waals surface area contributed by atoms with E-state index in [2.05, 4.69) is 9.69 Å². The Hall–Kier alpha value is -3.18. The largest absolute Gasteiger partial charge is 0.497 e. The zero-order valence-electron chi connectivity index (χ0n) is 13.9. The van der Waals surface area contributed by atoms with Crippen LogP contribution in [0.1, 0.15) is 15.9 Å². The number of carbonyl (C=O) groups is 1. The second kappa shape index (κ2) is 5.68. The fraction of sp³-hybridized carbons (Fsp3) is 0.0476. The second-order valence-electron chi connectivity index (χ2n) is 6.12. The van der Waals surface area contributed by atoms with Crippen LogP contribution in [-0.2, 0) is 0 Å². The van der Waals surface area contributed by atoms with Gasteiger partial charge in [-0.25, -0.2) is 0 Å². The predicted molar refractivity (Wildman–Crippen MR) is 105 cm³/mol.